The summed E-state index contributed by atoms with van der Waals surface area (Å²) in [7, 11) is 0. The monoisotopic (exact) mass is 436 g/mol. The van der Waals surface area contributed by atoms with E-state index in [9.17, 15) is 4.79 Å². The second kappa shape index (κ2) is 8.79. The summed E-state index contributed by atoms with van der Waals surface area (Å²) in [5.41, 5.74) is 10.3. The molecule has 1 aromatic carbocycles. The van der Waals surface area contributed by atoms with Crippen molar-refractivity contribution in [1.82, 2.24) is 26.2 Å². The van der Waals surface area contributed by atoms with E-state index in [0.29, 0.717) is 19.0 Å². The van der Waals surface area contributed by atoms with E-state index >= 15 is 0 Å². The van der Waals surface area contributed by atoms with E-state index in [1.54, 1.807) is 11.3 Å². The van der Waals surface area contributed by atoms with Crippen LogP contribution in [0.15, 0.2) is 66.1 Å². The number of thiophene rings is 1. The summed E-state index contributed by atoms with van der Waals surface area (Å²) >= 11 is 1.69. The summed E-state index contributed by atoms with van der Waals surface area (Å²) in [4.78, 5) is 16.9. The molecule has 31 heavy (non-hydrogen) atoms. The minimum atomic E-state index is -0.294. The first-order valence-corrected chi connectivity index (χ1v) is 10.9. The molecule has 0 unspecified atom stereocenters. The quantitative estimate of drug-likeness (QED) is 0.326. The first-order chi connectivity index (χ1) is 14.7. The van der Waals surface area contributed by atoms with E-state index in [4.69, 9.17) is 5.73 Å². The van der Waals surface area contributed by atoms with Crippen LogP contribution in [0.4, 0.5) is 0 Å². The fourth-order valence-electron chi connectivity index (χ4n) is 3.53. The summed E-state index contributed by atoms with van der Waals surface area (Å²) in [6, 6.07) is 12.5. The zero-order valence-electron chi connectivity index (χ0n) is 17.2. The van der Waals surface area contributed by atoms with E-state index in [0.717, 1.165) is 16.9 Å². The molecule has 5 rings (SSSR count). The smallest absolute Gasteiger partial charge is 0.268 e. The maximum absolute atomic E-state index is 12.3. The summed E-state index contributed by atoms with van der Waals surface area (Å²) in [6.07, 6.45) is 8.28. The lowest BCUT2D eigenvalue weighted by molar-refractivity contribution is -0.117. The van der Waals surface area contributed by atoms with Gasteiger partial charge in [0.05, 0.1) is 12.2 Å². The third-order valence-electron chi connectivity index (χ3n) is 5.35. The molecule has 0 atom stereocenters. The standard InChI is InChI=1S/C23H23N5OS.H3N.H2/c24-20(23(29)26-10-15-1-2-17-7-8-30-21(17)9-15)12-25-11-19-14-28-13-18(16-3-4-16)5-6-22(28)27-19;;/h1-2,5-9,12-14,16,25H,3-4,10-11,24H2,(H,26,29);1H3;1H/b20-12-;;. The molecule has 7 N–H and O–H groups in total. The summed E-state index contributed by atoms with van der Waals surface area (Å²) < 4.78 is 3.28. The zero-order valence-corrected chi connectivity index (χ0v) is 18.0. The second-order valence-corrected chi connectivity index (χ2v) is 8.64. The Kier molecular flexibility index (Phi) is 5.92. The van der Waals surface area contributed by atoms with Crippen LogP contribution in [0.25, 0.3) is 15.7 Å². The summed E-state index contributed by atoms with van der Waals surface area (Å²) in [6.45, 7) is 0.945. The van der Waals surface area contributed by atoms with Crippen molar-refractivity contribution in [3.05, 3.63) is 82.9 Å². The number of carbonyl (C=O) groups is 1. The number of carbonyl (C=O) groups excluding carboxylic acids is 1. The van der Waals surface area contributed by atoms with Crippen molar-refractivity contribution >= 4 is 33.0 Å². The van der Waals surface area contributed by atoms with Crippen molar-refractivity contribution in [2.75, 3.05) is 0 Å². The van der Waals surface area contributed by atoms with Gasteiger partial charge in [0.25, 0.3) is 5.91 Å². The normalized spacial score (nSPS) is 13.9. The number of fused-ring (bicyclic) bond motifs is 2. The second-order valence-electron chi connectivity index (χ2n) is 7.69. The largest absolute Gasteiger partial charge is 0.393 e. The number of pyridine rings is 1. The number of nitrogens with two attached hydrogens (primary N) is 1. The van der Waals surface area contributed by atoms with E-state index in [-0.39, 0.29) is 19.2 Å². The summed E-state index contributed by atoms with van der Waals surface area (Å²) in [5.74, 6) is 0.421. The van der Waals surface area contributed by atoms with Crippen molar-refractivity contribution in [2.45, 2.75) is 31.8 Å². The number of nitrogens with zero attached hydrogens (tertiary/aromatic N) is 2. The first-order valence-electron chi connectivity index (χ1n) is 10.1. The fraction of sp³-hybridized carbons (Fsp3) is 0.217. The number of rotatable bonds is 7. The van der Waals surface area contributed by atoms with Gasteiger partial charge in [-0.25, -0.2) is 4.98 Å². The van der Waals surface area contributed by atoms with Gasteiger partial charge in [-0.3, -0.25) is 4.79 Å². The molecule has 8 heteroatoms. The Morgan fingerprint density at radius 3 is 2.94 bits per heavy atom. The number of hydrogen-bond donors (Lipinski definition) is 4. The van der Waals surface area contributed by atoms with Crippen molar-refractivity contribution in [2.24, 2.45) is 5.73 Å². The first kappa shape index (κ1) is 20.9. The SMILES string of the molecule is N.N/C(=C\NCc1cn2cc(C3CC3)ccc2n1)C(=O)NCc1ccc2ccsc2c1.[HH]. The van der Waals surface area contributed by atoms with Crippen molar-refractivity contribution in [3.63, 3.8) is 0 Å². The number of benzene rings is 1. The zero-order chi connectivity index (χ0) is 20.5. The number of nitrogens with one attached hydrogen (secondary N) is 2. The van der Waals surface area contributed by atoms with Gasteiger partial charge in [-0.1, -0.05) is 18.2 Å². The lowest BCUT2D eigenvalue weighted by atomic mass is 10.2. The highest BCUT2D eigenvalue weighted by molar-refractivity contribution is 7.17. The molecule has 0 bridgehead atoms. The topological polar surface area (TPSA) is 119 Å². The highest BCUT2D eigenvalue weighted by Gasteiger charge is 2.23. The van der Waals surface area contributed by atoms with Crippen molar-refractivity contribution in [3.8, 4) is 0 Å². The molecule has 0 aliphatic heterocycles. The molecule has 1 fully saturated rings. The molecule has 0 radical (unpaired) electrons. The molecule has 162 valence electrons. The number of amides is 1. The van der Waals surface area contributed by atoms with E-state index in [1.807, 2.05) is 12.3 Å². The maximum Gasteiger partial charge on any atom is 0.268 e. The fourth-order valence-corrected chi connectivity index (χ4v) is 4.38. The highest BCUT2D eigenvalue weighted by Crippen LogP contribution is 2.39. The van der Waals surface area contributed by atoms with Crippen molar-refractivity contribution in [1.29, 1.82) is 0 Å². The van der Waals surface area contributed by atoms with Gasteiger partial charge in [0.15, 0.2) is 0 Å². The minimum Gasteiger partial charge on any atom is -0.393 e. The Balaban J connectivity index is 0.00000144. The minimum absolute atomic E-state index is 0. The van der Waals surface area contributed by atoms with Crippen molar-refractivity contribution < 1.29 is 6.22 Å². The third kappa shape index (κ3) is 4.70. The van der Waals surface area contributed by atoms with Crippen LogP contribution in [0.1, 0.15) is 37.0 Å². The Bertz CT molecular complexity index is 1260. The molecular weight excluding hydrogens is 408 g/mol. The molecule has 1 aliphatic rings. The van der Waals surface area contributed by atoms with Crippen LogP contribution < -0.4 is 22.5 Å². The molecule has 0 spiro atoms. The van der Waals surface area contributed by atoms with Gasteiger partial charge in [0.2, 0.25) is 0 Å². The van der Waals surface area contributed by atoms with Gasteiger partial charge >= 0.3 is 0 Å². The van der Waals surface area contributed by atoms with E-state index < -0.39 is 0 Å². The van der Waals surface area contributed by atoms with Gasteiger partial charge < -0.3 is 26.9 Å². The molecule has 3 heterocycles. The average Bonchev–Trinajstić information content (AvgIpc) is 3.36. The molecule has 1 aliphatic carbocycles. The Labute approximate surface area is 186 Å². The average molecular weight is 437 g/mol. The lowest BCUT2D eigenvalue weighted by Crippen LogP contribution is -2.29. The lowest BCUT2D eigenvalue weighted by Gasteiger charge is -2.06. The maximum atomic E-state index is 12.3. The molecule has 1 saturated carbocycles. The Morgan fingerprint density at radius 1 is 1.23 bits per heavy atom. The van der Waals surface area contributed by atoms with Crippen LogP contribution in [0, 0.1) is 0 Å². The van der Waals surface area contributed by atoms with Gasteiger partial charge in [-0.15, -0.1) is 11.3 Å². The van der Waals surface area contributed by atoms with Crippen LogP contribution in [0.5, 0.6) is 0 Å². The molecule has 0 saturated heterocycles. The molecule has 4 aromatic rings. The Hall–Kier alpha value is -3.36. The van der Waals surface area contributed by atoms with Crippen LogP contribution in [-0.2, 0) is 17.9 Å². The number of imidazole rings is 1. The van der Waals surface area contributed by atoms with Gasteiger partial charge in [0.1, 0.15) is 11.3 Å². The van der Waals surface area contributed by atoms with E-state index in [1.165, 1.54) is 34.7 Å². The van der Waals surface area contributed by atoms with Crippen LogP contribution in [-0.4, -0.2) is 15.3 Å². The highest BCUT2D eigenvalue weighted by atomic mass is 32.1. The predicted octanol–water partition coefficient (Wildman–Crippen LogP) is 4.04. The Morgan fingerprint density at radius 2 is 2.10 bits per heavy atom. The van der Waals surface area contributed by atoms with Gasteiger partial charge in [-0.2, -0.15) is 0 Å². The summed E-state index contributed by atoms with van der Waals surface area (Å²) in [5, 5.41) is 9.23. The van der Waals surface area contributed by atoms with Crippen LogP contribution >= 0.6 is 11.3 Å². The van der Waals surface area contributed by atoms with E-state index in [2.05, 4.69) is 61.9 Å². The van der Waals surface area contributed by atoms with Crippen LogP contribution in [0.2, 0.25) is 0 Å². The third-order valence-corrected chi connectivity index (χ3v) is 6.23. The number of hydrogen-bond acceptors (Lipinski definition) is 6. The van der Waals surface area contributed by atoms with Crippen LogP contribution in [0.3, 0.4) is 0 Å². The number of aromatic nitrogens is 2. The predicted molar refractivity (Wildman–Crippen MR) is 127 cm³/mol. The van der Waals surface area contributed by atoms with Gasteiger partial charge in [-0.05, 0) is 58.9 Å². The molecule has 3 aromatic heterocycles. The van der Waals surface area contributed by atoms with Gasteiger partial charge in [0, 0.05) is 31.3 Å². The molecular formula is C23H28N6OS. The molecule has 1 amide bonds. The molecule has 7 nitrogen and oxygen atoms in total.